The molecule has 0 bridgehead atoms. The topological polar surface area (TPSA) is 31.4 Å². The van der Waals surface area contributed by atoms with Gasteiger partial charge in [-0.25, -0.2) is 9.78 Å². The maximum Gasteiger partial charge on any atom is 0.108 e. The highest BCUT2D eigenvalue weighted by molar-refractivity contribution is 5.65. The van der Waals surface area contributed by atoms with Gasteiger partial charge in [0.15, 0.2) is 0 Å². The Balaban J connectivity index is 2.36. The summed E-state index contributed by atoms with van der Waals surface area (Å²) in [6, 6.07) is 8.35. The van der Waals surface area contributed by atoms with E-state index in [2.05, 4.69) is 35.9 Å². The van der Waals surface area contributed by atoms with Gasteiger partial charge in [-0.2, -0.15) is 0 Å². The van der Waals surface area contributed by atoms with Crippen LogP contribution in [-0.2, 0) is 16.4 Å². The van der Waals surface area contributed by atoms with Crippen molar-refractivity contribution in [3.8, 4) is 11.1 Å². The minimum absolute atomic E-state index is 0.477. The zero-order valence-electron chi connectivity index (χ0n) is 10.9. The molecule has 0 saturated carbocycles. The number of nitrogens with zero attached hydrogens (tertiary/aromatic N) is 1. The number of hydrogen-bond acceptors (Lipinski definition) is 3. The third kappa shape index (κ3) is 2.75. The van der Waals surface area contributed by atoms with E-state index < -0.39 is 0 Å². The van der Waals surface area contributed by atoms with Crippen molar-refractivity contribution in [2.45, 2.75) is 20.5 Å². The zero-order valence-corrected chi connectivity index (χ0v) is 10.9. The monoisotopic (exact) mass is 243 g/mol. The Morgan fingerprint density at radius 3 is 2.17 bits per heavy atom. The van der Waals surface area contributed by atoms with Crippen LogP contribution in [0.4, 0.5) is 0 Å². The summed E-state index contributed by atoms with van der Waals surface area (Å²) in [5.74, 6) is 0. The molecule has 0 radical (unpaired) electrons. The Kier molecular flexibility index (Phi) is 4.07. The highest BCUT2D eigenvalue weighted by Crippen LogP contribution is 2.25. The maximum atomic E-state index is 5.02. The van der Waals surface area contributed by atoms with Gasteiger partial charge in [0, 0.05) is 12.4 Å². The molecule has 1 aromatic carbocycles. The largest absolute Gasteiger partial charge is 0.265 e. The lowest BCUT2D eigenvalue weighted by Crippen LogP contribution is -1.98. The molecule has 0 saturated heterocycles. The Morgan fingerprint density at radius 2 is 1.61 bits per heavy atom. The van der Waals surface area contributed by atoms with Gasteiger partial charge in [-0.15, -0.1) is 0 Å². The third-order valence-electron chi connectivity index (χ3n) is 3.03. The molecule has 18 heavy (non-hydrogen) atoms. The van der Waals surface area contributed by atoms with Gasteiger partial charge in [0.25, 0.3) is 0 Å². The first-order valence-electron chi connectivity index (χ1n) is 5.88. The van der Waals surface area contributed by atoms with Crippen molar-refractivity contribution >= 4 is 0 Å². The molecule has 94 valence electrons. The van der Waals surface area contributed by atoms with Crippen LogP contribution < -0.4 is 0 Å². The van der Waals surface area contributed by atoms with Crippen molar-refractivity contribution in [3.63, 3.8) is 0 Å². The summed E-state index contributed by atoms with van der Waals surface area (Å²) in [4.78, 5) is 13.7. The van der Waals surface area contributed by atoms with Crippen LogP contribution in [-0.4, -0.2) is 12.1 Å². The van der Waals surface area contributed by atoms with Crippen molar-refractivity contribution < 1.29 is 9.78 Å². The standard InChI is InChI=1S/C15H17NO2/c1-11-8-14(13-4-6-16-7-5-13)9-12(2)15(11)10-18-17-3/h4-9H,10H2,1-3H3. The van der Waals surface area contributed by atoms with Crippen LogP contribution in [0.15, 0.2) is 36.7 Å². The van der Waals surface area contributed by atoms with Gasteiger partial charge in [-0.1, -0.05) is 12.1 Å². The molecule has 3 heteroatoms. The minimum atomic E-state index is 0.477. The molecule has 0 unspecified atom stereocenters. The van der Waals surface area contributed by atoms with Crippen LogP contribution in [0, 0.1) is 13.8 Å². The molecule has 2 rings (SSSR count). The van der Waals surface area contributed by atoms with E-state index in [0.717, 1.165) is 0 Å². The van der Waals surface area contributed by atoms with Crippen LogP contribution in [0.3, 0.4) is 0 Å². The van der Waals surface area contributed by atoms with Crippen LogP contribution in [0.5, 0.6) is 0 Å². The number of aromatic nitrogens is 1. The Morgan fingerprint density at radius 1 is 1.00 bits per heavy atom. The molecule has 1 aromatic heterocycles. The predicted octanol–water partition coefficient (Wildman–Crippen LogP) is 3.44. The summed E-state index contributed by atoms with van der Waals surface area (Å²) in [5, 5.41) is 0. The van der Waals surface area contributed by atoms with E-state index in [1.54, 1.807) is 0 Å². The summed E-state index contributed by atoms with van der Waals surface area (Å²) in [7, 11) is 1.52. The van der Waals surface area contributed by atoms with Crippen LogP contribution in [0.1, 0.15) is 16.7 Å². The molecule has 0 atom stereocenters. The molecule has 0 N–H and O–H groups in total. The Labute approximate surface area is 107 Å². The second-order valence-electron chi connectivity index (χ2n) is 4.25. The smallest absolute Gasteiger partial charge is 0.108 e. The molecular weight excluding hydrogens is 226 g/mol. The van der Waals surface area contributed by atoms with Crippen LogP contribution in [0.25, 0.3) is 11.1 Å². The van der Waals surface area contributed by atoms with Crippen LogP contribution in [0.2, 0.25) is 0 Å². The van der Waals surface area contributed by atoms with E-state index in [1.807, 2.05) is 24.5 Å². The summed E-state index contributed by atoms with van der Waals surface area (Å²) in [5.41, 5.74) is 5.97. The highest BCUT2D eigenvalue weighted by Gasteiger charge is 2.07. The van der Waals surface area contributed by atoms with E-state index in [-0.39, 0.29) is 0 Å². The van der Waals surface area contributed by atoms with E-state index in [1.165, 1.54) is 34.9 Å². The van der Waals surface area contributed by atoms with Gasteiger partial charge >= 0.3 is 0 Å². The van der Waals surface area contributed by atoms with Crippen molar-refractivity contribution in [1.29, 1.82) is 0 Å². The van der Waals surface area contributed by atoms with Crippen molar-refractivity contribution in [1.82, 2.24) is 4.98 Å². The van der Waals surface area contributed by atoms with Gasteiger partial charge in [0.2, 0.25) is 0 Å². The predicted molar refractivity (Wildman–Crippen MR) is 70.9 cm³/mol. The molecular formula is C15H17NO2. The van der Waals surface area contributed by atoms with Gasteiger partial charge in [0.1, 0.15) is 6.61 Å². The molecule has 0 aliphatic heterocycles. The lowest BCUT2D eigenvalue weighted by atomic mass is 9.96. The number of hydrogen-bond donors (Lipinski definition) is 0. The summed E-state index contributed by atoms with van der Waals surface area (Å²) in [6.07, 6.45) is 3.61. The fourth-order valence-electron chi connectivity index (χ4n) is 2.05. The van der Waals surface area contributed by atoms with Crippen LogP contribution >= 0.6 is 0 Å². The number of rotatable bonds is 4. The maximum absolute atomic E-state index is 5.02. The highest BCUT2D eigenvalue weighted by atomic mass is 17.2. The lowest BCUT2D eigenvalue weighted by molar-refractivity contribution is -0.282. The second-order valence-corrected chi connectivity index (χ2v) is 4.25. The molecule has 0 aliphatic carbocycles. The molecule has 0 amide bonds. The molecule has 2 aromatic rings. The number of aryl methyl sites for hydroxylation is 2. The fourth-order valence-corrected chi connectivity index (χ4v) is 2.05. The van der Waals surface area contributed by atoms with Crippen molar-refractivity contribution in [3.05, 3.63) is 53.3 Å². The van der Waals surface area contributed by atoms with Crippen molar-refractivity contribution in [2.24, 2.45) is 0 Å². The second kappa shape index (κ2) is 5.76. The minimum Gasteiger partial charge on any atom is -0.265 e. The first-order valence-corrected chi connectivity index (χ1v) is 5.88. The molecule has 0 aliphatic rings. The van der Waals surface area contributed by atoms with E-state index in [9.17, 15) is 0 Å². The lowest BCUT2D eigenvalue weighted by Gasteiger charge is -2.12. The normalized spacial score (nSPS) is 10.6. The molecule has 0 spiro atoms. The number of benzene rings is 1. The quantitative estimate of drug-likeness (QED) is 0.609. The molecule has 0 fully saturated rings. The van der Waals surface area contributed by atoms with E-state index in [4.69, 9.17) is 4.89 Å². The first kappa shape index (κ1) is 12.7. The van der Waals surface area contributed by atoms with Gasteiger partial charge in [-0.05, 0) is 53.8 Å². The Bertz CT molecular complexity index is 500. The Hall–Kier alpha value is -1.71. The van der Waals surface area contributed by atoms with Gasteiger partial charge < -0.3 is 0 Å². The average molecular weight is 243 g/mol. The van der Waals surface area contributed by atoms with Gasteiger partial charge in [-0.3, -0.25) is 4.98 Å². The third-order valence-corrected chi connectivity index (χ3v) is 3.03. The van der Waals surface area contributed by atoms with E-state index in [0.29, 0.717) is 6.61 Å². The first-order chi connectivity index (χ1) is 8.72. The average Bonchev–Trinajstić information content (AvgIpc) is 2.39. The van der Waals surface area contributed by atoms with E-state index >= 15 is 0 Å². The number of pyridine rings is 1. The zero-order chi connectivity index (χ0) is 13.0. The van der Waals surface area contributed by atoms with Gasteiger partial charge in [0.05, 0.1) is 7.11 Å². The molecule has 1 heterocycles. The SMILES string of the molecule is COOCc1c(C)cc(-c2ccncc2)cc1C. The molecule has 3 nitrogen and oxygen atoms in total. The summed E-state index contributed by atoms with van der Waals surface area (Å²) in [6.45, 7) is 4.66. The summed E-state index contributed by atoms with van der Waals surface area (Å²) >= 11 is 0. The fraction of sp³-hybridized carbons (Fsp3) is 0.267. The van der Waals surface area contributed by atoms with Crippen molar-refractivity contribution in [2.75, 3.05) is 7.11 Å². The summed E-state index contributed by atoms with van der Waals surface area (Å²) < 4.78 is 0.